The van der Waals surface area contributed by atoms with Gasteiger partial charge in [0.1, 0.15) is 23.5 Å². The van der Waals surface area contributed by atoms with E-state index in [4.69, 9.17) is 24.3 Å². The molecule has 1 aliphatic heterocycles. The van der Waals surface area contributed by atoms with Gasteiger partial charge in [-0.05, 0) is 18.2 Å². The topological polar surface area (TPSA) is 158 Å². The number of benzene rings is 1. The molecule has 11 nitrogen and oxygen atoms in total. The van der Waals surface area contributed by atoms with Gasteiger partial charge in [-0.15, -0.1) is 0 Å². The molecule has 2 heterocycles. The van der Waals surface area contributed by atoms with Crippen molar-refractivity contribution in [3.8, 4) is 5.75 Å². The number of hydrogen-bond acceptors (Lipinski definition) is 9. The highest BCUT2D eigenvalue weighted by atomic mass is 31.2. The second-order valence-electron chi connectivity index (χ2n) is 7.87. The average Bonchev–Trinajstić information content (AvgIpc) is 3.11. The fourth-order valence-electron chi connectivity index (χ4n) is 3.47. The minimum atomic E-state index is -3.92. The van der Waals surface area contributed by atoms with E-state index in [1.807, 2.05) is 0 Å². The summed E-state index contributed by atoms with van der Waals surface area (Å²) >= 11 is 0. The lowest BCUT2D eigenvalue weighted by atomic mass is 10.1. The summed E-state index contributed by atoms with van der Waals surface area (Å²) in [6.45, 7) is 1.13. The van der Waals surface area contributed by atoms with Crippen molar-refractivity contribution in [2.75, 3.05) is 19.9 Å². The first-order valence-electron chi connectivity index (χ1n) is 10.5. The summed E-state index contributed by atoms with van der Waals surface area (Å²) in [7, 11) is -2.70. The van der Waals surface area contributed by atoms with E-state index in [2.05, 4.69) is 0 Å². The molecule has 4 N–H and O–H groups in total. The van der Waals surface area contributed by atoms with Crippen LogP contribution in [0.5, 0.6) is 5.75 Å². The number of aliphatic hydroxyl groups excluding tert-OH is 2. The van der Waals surface area contributed by atoms with Gasteiger partial charge in [-0.3, -0.25) is 14.1 Å². The Morgan fingerprint density at radius 2 is 1.88 bits per heavy atom. The van der Waals surface area contributed by atoms with Crippen LogP contribution in [0.3, 0.4) is 0 Å². The molecule has 1 aromatic carbocycles. The van der Waals surface area contributed by atoms with Gasteiger partial charge in [-0.1, -0.05) is 25.1 Å². The maximum atomic E-state index is 13.5. The fourth-order valence-corrected chi connectivity index (χ4v) is 5.34. The van der Waals surface area contributed by atoms with Crippen molar-refractivity contribution in [2.24, 2.45) is 11.7 Å². The maximum Gasteiger partial charge on any atom is 0.380 e. The molecule has 1 amide bonds. The number of nitrogens with zero attached hydrogens (tertiary/aromatic N) is 1. The maximum absolute atomic E-state index is 13.5. The Morgan fingerprint density at radius 3 is 2.53 bits per heavy atom. The molecule has 0 spiro atoms. The molecule has 0 saturated carbocycles. The lowest BCUT2D eigenvalue weighted by Gasteiger charge is -2.23. The molecular formula is C22H28N2O9P+. The first-order valence-corrected chi connectivity index (χ1v) is 12.2. The summed E-state index contributed by atoms with van der Waals surface area (Å²) in [6, 6.07) is 11.3. The normalized spacial score (nSPS) is 24.7. The highest BCUT2D eigenvalue weighted by Gasteiger charge is 2.49. The van der Waals surface area contributed by atoms with E-state index in [-0.39, 0.29) is 17.5 Å². The molecule has 1 aromatic heterocycles. The standard InChI is InChI=1S/C22H27N2O9P/c1-14(22(28)30-2)13-34(29,33-16-8-4-3-5-9-16)31-12-17-18(25)19(26)21(32-17)24-10-6-7-15(11-24)20(23)27/h3-11,14,17-19,21,25-26H,12-13H2,1-2H3,(H-,23,27)/p+1/t14-,17-,18+,19?,21-,34?/m1/s1. The zero-order valence-corrected chi connectivity index (χ0v) is 19.6. The van der Waals surface area contributed by atoms with Crippen molar-refractivity contribution >= 4 is 19.5 Å². The Labute approximate surface area is 196 Å². The first kappa shape index (κ1) is 25.8. The summed E-state index contributed by atoms with van der Waals surface area (Å²) in [5.74, 6) is -1.77. The quantitative estimate of drug-likeness (QED) is 0.246. The van der Waals surface area contributed by atoms with Crippen molar-refractivity contribution in [2.45, 2.75) is 31.5 Å². The minimum absolute atomic E-state index is 0.185. The summed E-state index contributed by atoms with van der Waals surface area (Å²) in [5, 5.41) is 21.0. The zero-order valence-electron chi connectivity index (χ0n) is 18.7. The number of para-hydroxylation sites is 1. The number of nitrogens with two attached hydrogens (primary N) is 1. The van der Waals surface area contributed by atoms with Crippen LogP contribution in [0.25, 0.3) is 0 Å². The van der Waals surface area contributed by atoms with Crippen LogP contribution >= 0.6 is 7.60 Å². The number of ether oxygens (including phenoxy) is 2. The Bertz CT molecular complexity index is 1050. The van der Waals surface area contributed by atoms with E-state index < -0.39 is 56.5 Å². The monoisotopic (exact) mass is 495 g/mol. The van der Waals surface area contributed by atoms with Crippen LogP contribution in [0.1, 0.15) is 23.5 Å². The SMILES string of the molecule is COC(=O)[C@H](C)CP(=O)(OC[C@H]1O[C@@H]([n+]2cccc(C(N)=O)c2)C(O)[C@H]1O)Oc1ccccc1. The van der Waals surface area contributed by atoms with Crippen LogP contribution in [0.15, 0.2) is 54.9 Å². The van der Waals surface area contributed by atoms with Crippen LogP contribution < -0.4 is 14.8 Å². The second-order valence-corrected chi connectivity index (χ2v) is 9.90. The Hall–Kier alpha value is -2.82. The number of aliphatic hydroxyl groups is 2. The molecule has 6 atom stereocenters. The molecule has 2 aromatic rings. The number of carbonyl (C=O) groups is 2. The van der Waals surface area contributed by atoms with Crippen LogP contribution in [-0.2, 0) is 23.4 Å². The van der Waals surface area contributed by atoms with Gasteiger partial charge in [0, 0.05) is 6.07 Å². The van der Waals surface area contributed by atoms with Crippen LogP contribution in [-0.4, -0.2) is 60.3 Å². The number of hydrogen-bond donors (Lipinski definition) is 3. The Morgan fingerprint density at radius 1 is 1.18 bits per heavy atom. The molecular weight excluding hydrogens is 467 g/mol. The van der Waals surface area contributed by atoms with E-state index in [0.29, 0.717) is 0 Å². The third kappa shape index (κ3) is 6.19. The molecule has 0 aliphatic carbocycles. The largest absolute Gasteiger partial charge is 0.469 e. The lowest BCUT2D eigenvalue weighted by molar-refractivity contribution is -0.765. The van der Waals surface area contributed by atoms with Crippen molar-refractivity contribution < 1.29 is 47.5 Å². The van der Waals surface area contributed by atoms with Gasteiger partial charge in [0.25, 0.3) is 12.1 Å². The van der Waals surface area contributed by atoms with Gasteiger partial charge >= 0.3 is 13.6 Å². The van der Waals surface area contributed by atoms with Crippen molar-refractivity contribution in [1.29, 1.82) is 0 Å². The van der Waals surface area contributed by atoms with E-state index >= 15 is 0 Å². The number of aromatic nitrogens is 1. The predicted octanol–water partition coefficient (Wildman–Crippen LogP) is 0.790. The van der Waals surface area contributed by atoms with E-state index in [9.17, 15) is 24.4 Å². The Kier molecular flexibility index (Phi) is 8.40. The van der Waals surface area contributed by atoms with Crippen LogP contribution in [0.4, 0.5) is 0 Å². The van der Waals surface area contributed by atoms with E-state index in [1.165, 1.54) is 37.1 Å². The smallest absolute Gasteiger partial charge is 0.380 e. The second kappa shape index (κ2) is 11.1. The van der Waals surface area contributed by atoms with Gasteiger partial charge in [0.05, 0.1) is 25.8 Å². The van der Waals surface area contributed by atoms with Gasteiger partial charge < -0.3 is 29.9 Å². The number of primary amides is 1. The van der Waals surface area contributed by atoms with Crippen molar-refractivity contribution in [3.05, 3.63) is 60.4 Å². The number of amides is 1. The van der Waals surface area contributed by atoms with Gasteiger partial charge in [0.2, 0.25) is 0 Å². The molecule has 0 bridgehead atoms. The van der Waals surface area contributed by atoms with Gasteiger partial charge in [-0.25, -0.2) is 4.57 Å². The first-order chi connectivity index (χ1) is 16.1. The van der Waals surface area contributed by atoms with Crippen molar-refractivity contribution in [1.82, 2.24) is 0 Å². The third-order valence-electron chi connectivity index (χ3n) is 5.26. The van der Waals surface area contributed by atoms with E-state index in [1.54, 1.807) is 36.4 Å². The van der Waals surface area contributed by atoms with E-state index in [0.717, 1.165) is 0 Å². The fraction of sp³-hybridized carbons (Fsp3) is 0.409. The highest BCUT2D eigenvalue weighted by molar-refractivity contribution is 7.54. The molecule has 3 rings (SSSR count). The number of pyridine rings is 1. The molecule has 2 unspecified atom stereocenters. The van der Waals surface area contributed by atoms with Crippen LogP contribution in [0.2, 0.25) is 0 Å². The number of carbonyl (C=O) groups excluding carboxylic acids is 2. The summed E-state index contributed by atoms with van der Waals surface area (Å²) in [5.41, 5.74) is 5.48. The third-order valence-corrected chi connectivity index (χ3v) is 7.29. The van der Waals surface area contributed by atoms with Crippen molar-refractivity contribution in [3.63, 3.8) is 0 Å². The van der Waals surface area contributed by atoms with Crippen LogP contribution in [0, 0.1) is 5.92 Å². The summed E-state index contributed by atoms with van der Waals surface area (Å²) in [4.78, 5) is 23.3. The summed E-state index contributed by atoms with van der Waals surface area (Å²) in [6.07, 6.45) is -2.25. The molecule has 184 valence electrons. The molecule has 1 saturated heterocycles. The molecule has 1 fully saturated rings. The van der Waals surface area contributed by atoms with Gasteiger partial charge in [0.15, 0.2) is 18.5 Å². The highest BCUT2D eigenvalue weighted by Crippen LogP contribution is 2.50. The molecule has 34 heavy (non-hydrogen) atoms. The Balaban J connectivity index is 1.74. The number of rotatable bonds is 10. The molecule has 1 aliphatic rings. The summed E-state index contributed by atoms with van der Waals surface area (Å²) < 4.78 is 36.6. The van der Waals surface area contributed by atoms with Gasteiger partial charge in [-0.2, -0.15) is 4.57 Å². The predicted molar refractivity (Wildman–Crippen MR) is 118 cm³/mol. The average molecular weight is 495 g/mol. The number of methoxy groups -OCH3 is 1. The minimum Gasteiger partial charge on any atom is -0.469 e. The molecule has 12 heteroatoms. The number of esters is 1. The zero-order chi connectivity index (χ0) is 24.9. The lowest BCUT2D eigenvalue weighted by Crippen LogP contribution is -2.46. The molecule has 0 radical (unpaired) electrons.